The van der Waals surface area contributed by atoms with Gasteiger partial charge in [-0.3, -0.25) is 0 Å². The molecule has 7 nitrogen and oxygen atoms in total. The normalized spacial score (nSPS) is 15.1. The van der Waals surface area contributed by atoms with Crippen LogP contribution in [0.1, 0.15) is 50.7 Å². The highest BCUT2D eigenvalue weighted by molar-refractivity contribution is 5.84. The van der Waals surface area contributed by atoms with E-state index in [1.807, 2.05) is 43.3 Å². The van der Waals surface area contributed by atoms with Crippen LogP contribution in [-0.4, -0.2) is 41.9 Å². The van der Waals surface area contributed by atoms with Gasteiger partial charge in [-0.05, 0) is 34.6 Å². The molecule has 0 spiro atoms. The van der Waals surface area contributed by atoms with Crippen molar-refractivity contribution in [3.63, 3.8) is 0 Å². The minimum atomic E-state index is -1.25. The van der Waals surface area contributed by atoms with Crippen molar-refractivity contribution in [2.45, 2.75) is 51.7 Å². The molecule has 0 bridgehead atoms. The van der Waals surface area contributed by atoms with Crippen LogP contribution in [-0.2, 0) is 19.1 Å². The van der Waals surface area contributed by atoms with Crippen LogP contribution in [0.3, 0.4) is 0 Å². The van der Waals surface area contributed by atoms with Gasteiger partial charge in [0.25, 0.3) is 0 Å². The second kappa shape index (κ2) is 10.3. The quantitative estimate of drug-likeness (QED) is 0.564. The van der Waals surface area contributed by atoms with E-state index in [0.29, 0.717) is 6.42 Å². The molecule has 1 aliphatic rings. The van der Waals surface area contributed by atoms with Crippen molar-refractivity contribution in [2.24, 2.45) is 5.92 Å². The molecule has 0 heterocycles. The summed E-state index contributed by atoms with van der Waals surface area (Å²) in [5.41, 5.74) is 4.42. The predicted octanol–water partition coefficient (Wildman–Crippen LogP) is 4.35. The highest BCUT2D eigenvalue weighted by atomic mass is 16.6. The van der Waals surface area contributed by atoms with Crippen molar-refractivity contribution in [1.82, 2.24) is 5.32 Å². The Morgan fingerprint density at radius 1 is 0.969 bits per heavy atom. The summed E-state index contributed by atoms with van der Waals surface area (Å²) in [6, 6.07) is 15.0. The number of rotatable bonds is 9. The molecule has 7 heteroatoms. The van der Waals surface area contributed by atoms with Crippen LogP contribution in [0, 0.1) is 5.92 Å². The lowest BCUT2D eigenvalue weighted by Gasteiger charge is -2.24. The van der Waals surface area contributed by atoms with Crippen LogP contribution in [0.4, 0.5) is 4.79 Å². The van der Waals surface area contributed by atoms with E-state index in [1.165, 1.54) is 0 Å². The molecule has 1 aliphatic carbocycles. The van der Waals surface area contributed by atoms with E-state index in [4.69, 9.17) is 14.6 Å². The van der Waals surface area contributed by atoms with Crippen LogP contribution in [0.2, 0.25) is 0 Å². The van der Waals surface area contributed by atoms with Crippen LogP contribution >= 0.6 is 0 Å². The first kappa shape index (κ1) is 23.3. The van der Waals surface area contributed by atoms with Gasteiger partial charge >= 0.3 is 18.0 Å². The molecule has 0 saturated heterocycles. The third-order valence-corrected chi connectivity index (χ3v) is 5.99. The smallest absolute Gasteiger partial charge is 0.407 e. The van der Waals surface area contributed by atoms with Crippen molar-refractivity contribution in [3.05, 3.63) is 59.7 Å². The molecule has 1 amide bonds. The summed E-state index contributed by atoms with van der Waals surface area (Å²) in [6.45, 7) is 5.40. The molecular weight excluding hydrogens is 410 g/mol. The summed E-state index contributed by atoms with van der Waals surface area (Å²) in [4.78, 5) is 36.4. The Hall–Kier alpha value is -3.35. The van der Waals surface area contributed by atoms with Gasteiger partial charge in [-0.2, -0.15) is 0 Å². The summed E-state index contributed by atoms with van der Waals surface area (Å²) in [5, 5.41) is 11.7. The number of carboxylic acid groups (broad SMARTS) is 1. The lowest BCUT2D eigenvalue weighted by Crippen LogP contribution is -2.48. The lowest BCUT2D eigenvalue weighted by atomic mass is 9.98. The fraction of sp³-hybridized carbons (Fsp3) is 0.400. The molecule has 170 valence electrons. The Balaban J connectivity index is 1.68. The fourth-order valence-electron chi connectivity index (χ4n) is 3.96. The van der Waals surface area contributed by atoms with Gasteiger partial charge in [0.2, 0.25) is 0 Å². The number of fused-ring (bicyclic) bond motifs is 3. The van der Waals surface area contributed by atoms with E-state index in [0.717, 1.165) is 22.3 Å². The standard InChI is InChI=1S/C25H29NO6/c1-4-15(3)22(24(29)32-21(5-2)23(27)28)26-25(30)31-14-20-18-12-8-6-10-16(18)17-11-7-9-13-19(17)20/h6-13,15,20-22H,4-5,14H2,1-3H3,(H,26,30)(H,27,28)/t15-,21?,22-/m0/s1. The molecule has 32 heavy (non-hydrogen) atoms. The number of carbonyl (C=O) groups is 3. The molecular formula is C25H29NO6. The minimum Gasteiger partial charge on any atom is -0.479 e. The number of benzene rings is 2. The zero-order valence-electron chi connectivity index (χ0n) is 18.5. The lowest BCUT2D eigenvalue weighted by molar-refractivity contribution is -0.166. The summed E-state index contributed by atoms with van der Waals surface area (Å²) >= 11 is 0. The number of amides is 1. The van der Waals surface area contributed by atoms with Gasteiger partial charge in [0.1, 0.15) is 12.6 Å². The van der Waals surface area contributed by atoms with E-state index in [2.05, 4.69) is 17.4 Å². The first-order chi connectivity index (χ1) is 15.4. The van der Waals surface area contributed by atoms with E-state index < -0.39 is 30.2 Å². The number of hydrogen-bond donors (Lipinski definition) is 2. The zero-order chi connectivity index (χ0) is 23.3. The number of ether oxygens (including phenoxy) is 2. The zero-order valence-corrected chi connectivity index (χ0v) is 18.5. The summed E-state index contributed by atoms with van der Waals surface area (Å²) in [6.07, 6.45) is -1.26. The summed E-state index contributed by atoms with van der Waals surface area (Å²) < 4.78 is 10.6. The number of nitrogens with one attached hydrogen (secondary N) is 1. The van der Waals surface area contributed by atoms with Gasteiger partial charge in [0.15, 0.2) is 6.10 Å². The first-order valence-electron chi connectivity index (χ1n) is 10.9. The highest BCUT2D eigenvalue weighted by Gasteiger charge is 2.33. The third kappa shape index (κ3) is 4.93. The van der Waals surface area contributed by atoms with Crippen molar-refractivity contribution < 1.29 is 29.0 Å². The van der Waals surface area contributed by atoms with Crippen molar-refractivity contribution in [2.75, 3.05) is 6.61 Å². The highest BCUT2D eigenvalue weighted by Crippen LogP contribution is 2.44. The maximum atomic E-state index is 12.6. The molecule has 0 fully saturated rings. The number of aliphatic carboxylic acids is 1. The molecule has 2 aromatic rings. The molecule has 0 aromatic heterocycles. The number of carboxylic acids is 1. The largest absolute Gasteiger partial charge is 0.479 e. The first-order valence-corrected chi connectivity index (χ1v) is 10.9. The van der Waals surface area contributed by atoms with E-state index in [-0.39, 0.29) is 24.9 Å². The Morgan fingerprint density at radius 3 is 2.03 bits per heavy atom. The van der Waals surface area contributed by atoms with Crippen molar-refractivity contribution >= 4 is 18.0 Å². The number of hydrogen-bond acceptors (Lipinski definition) is 5. The molecule has 2 N–H and O–H groups in total. The average Bonchev–Trinajstić information content (AvgIpc) is 3.12. The SMILES string of the molecule is CCC(OC(=O)[C@@H](NC(=O)OCC1c2ccccc2-c2ccccc21)[C@@H](C)CC)C(=O)O. The van der Waals surface area contributed by atoms with E-state index in [1.54, 1.807) is 13.8 Å². The van der Waals surface area contributed by atoms with Crippen LogP contribution in [0.15, 0.2) is 48.5 Å². The van der Waals surface area contributed by atoms with Crippen LogP contribution < -0.4 is 5.32 Å². The molecule has 3 rings (SSSR count). The van der Waals surface area contributed by atoms with Gasteiger partial charge < -0.3 is 19.9 Å². The number of carbonyl (C=O) groups excluding carboxylic acids is 2. The molecule has 0 aliphatic heterocycles. The molecule has 1 unspecified atom stereocenters. The van der Waals surface area contributed by atoms with Gasteiger partial charge in [0.05, 0.1) is 0 Å². The van der Waals surface area contributed by atoms with Gasteiger partial charge in [-0.15, -0.1) is 0 Å². The average molecular weight is 440 g/mol. The van der Waals surface area contributed by atoms with Crippen molar-refractivity contribution in [3.8, 4) is 11.1 Å². The second-order valence-electron chi connectivity index (χ2n) is 8.01. The van der Waals surface area contributed by atoms with Crippen LogP contribution in [0.25, 0.3) is 11.1 Å². The molecule has 0 radical (unpaired) electrons. The molecule has 3 atom stereocenters. The monoisotopic (exact) mass is 439 g/mol. The second-order valence-corrected chi connectivity index (χ2v) is 8.01. The van der Waals surface area contributed by atoms with Gasteiger partial charge in [-0.1, -0.05) is 75.7 Å². The van der Waals surface area contributed by atoms with Crippen LogP contribution in [0.5, 0.6) is 0 Å². The number of alkyl carbamates (subject to hydrolysis) is 1. The van der Waals surface area contributed by atoms with Gasteiger partial charge in [0, 0.05) is 5.92 Å². The Kier molecular flexibility index (Phi) is 7.51. The van der Waals surface area contributed by atoms with E-state index >= 15 is 0 Å². The maximum Gasteiger partial charge on any atom is 0.407 e. The Bertz CT molecular complexity index is 942. The maximum absolute atomic E-state index is 12.6. The third-order valence-electron chi connectivity index (χ3n) is 5.99. The van der Waals surface area contributed by atoms with Crippen molar-refractivity contribution in [1.29, 1.82) is 0 Å². The van der Waals surface area contributed by atoms with E-state index in [9.17, 15) is 14.4 Å². The Labute approximate surface area is 187 Å². The molecule has 2 aromatic carbocycles. The predicted molar refractivity (Wildman–Crippen MR) is 119 cm³/mol. The van der Waals surface area contributed by atoms with Gasteiger partial charge in [-0.25, -0.2) is 14.4 Å². The topological polar surface area (TPSA) is 102 Å². The summed E-state index contributed by atoms with van der Waals surface area (Å²) in [7, 11) is 0. The molecule has 0 saturated carbocycles. The number of esters is 1. The fourth-order valence-corrected chi connectivity index (χ4v) is 3.96. The summed E-state index contributed by atoms with van der Waals surface area (Å²) in [5.74, 6) is -2.35. The minimum absolute atomic E-state index is 0.0985. The Morgan fingerprint density at radius 2 is 1.53 bits per heavy atom.